The molecule has 12 heavy (non-hydrogen) atoms. The van der Waals surface area contributed by atoms with Crippen molar-refractivity contribution in [3.8, 4) is 0 Å². The quantitative estimate of drug-likeness (QED) is 0.726. The molecule has 3 nitrogen and oxygen atoms in total. The first kappa shape index (κ1) is 11.9. The number of hydrogen-bond acceptors (Lipinski definition) is 2. The maximum absolute atomic E-state index is 11.3. The van der Waals surface area contributed by atoms with Crippen molar-refractivity contribution in [3.05, 3.63) is 0 Å². The van der Waals surface area contributed by atoms with Crippen LogP contribution in [0.1, 0.15) is 20.3 Å². The summed E-state index contributed by atoms with van der Waals surface area (Å²) in [6, 6.07) is 0.210. The van der Waals surface area contributed by atoms with Gasteiger partial charge in [0.25, 0.3) is 0 Å². The van der Waals surface area contributed by atoms with Crippen LogP contribution in [0.25, 0.3) is 0 Å². The molecule has 72 valence electrons. The van der Waals surface area contributed by atoms with E-state index in [4.69, 9.17) is 5.11 Å². The first-order valence-electron chi connectivity index (χ1n) is 4.09. The Balaban J connectivity index is 3.95. The molecule has 0 radical (unpaired) electrons. The Bertz CT molecular complexity index is 139. The van der Waals surface area contributed by atoms with Crippen molar-refractivity contribution < 1.29 is 9.90 Å². The Hall–Kier alpha value is -0.0900. The molecule has 0 rings (SSSR count). The van der Waals surface area contributed by atoms with Crippen molar-refractivity contribution in [3.63, 3.8) is 0 Å². The molecule has 1 N–H and O–H groups in total. The van der Waals surface area contributed by atoms with Crippen molar-refractivity contribution in [1.29, 1.82) is 0 Å². The average Bonchev–Trinajstić information content (AvgIpc) is 2.04. The lowest BCUT2D eigenvalue weighted by atomic mass is 10.3. The van der Waals surface area contributed by atoms with Crippen molar-refractivity contribution in [1.82, 2.24) is 4.90 Å². The summed E-state index contributed by atoms with van der Waals surface area (Å²) < 4.78 is 0. The van der Waals surface area contributed by atoms with E-state index in [0.29, 0.717) is 18.3 Å². The monoisotopic (exact) mass is 237 g/mol. The second kappa shape index (κ2) is 6.43. The zero-order chi connectivity index (χ0) is 9.56. The molecule has 0 aromatic heterocycles. The maximum atomic E-state index is 11.3. The number of carbonyl (C=O) groups excluding carboxylic acids is 1. The standard InChI is InChI=1S/C8H16BrNO2/c1-7(2)10(4-3-5-11)8(12)6-9/h7,11H,3-6H2,1-2H3. The fourth-order valence-corrected chi connectivity index (χ4v) is 1.31. The molecule has 0 aliphatic carbocycles. The third-order valence-electron chi connectivity index (χ3n) is 1.62. The van der Waals surface area contributed by atoms with Crippen LogP contribution >= 0.6 is 15.9 Å². The van der Waals surface area contributed by atoms with Crippen LogP contribution in [0, 0.1) is 0 Å². The van der Waals surface area contributed by atoms with Gasteiger partial charge in [-0.15, -0.1) is 0 Å². The summed E-state index contributed by atoms with van der Waals surface area (Å²) in [5.74, 6) is 0.0819. The summed E-state index contributed by atoms with van der Waals surface area (Å²) in [6.45, 7) is 4.72. The van der Waals surface area contributed by atoms with Gasteiger partial charge in [-0.3, -0.25) is 4.79 Å². The van der Waals surface area contributed by atoms with Crippen LogP contribution in [-0.2, 0) is 4.79 Å². The van der Waals surface area contributed by atoms with Gasteiger partial charge in [-0.05, 0) is 20.3 Å². The topological polar surface area (TPSA) is 40.5 Å². The van der Waals surface area contributed by atoms with E-state index in [1.807, 2.05) is 13.8 Å². The van der Waals surface area contributed by atoms with Gasteiger partial charge in [0.15, 0.2) is 0 Å². The van der Waals surface area contributed by atoms with E-state index in [0.717, 1.165) is 0 Å². The van der Waals surface area contributed by atoms with Crippen molar-refractivity contribution in [2.24, 2.45) is 0 Å². The maximum Gasteiger partial charge on any atom is 0.233 e. The van der Waals surface area contributed by atoms with Crippen LogP contribution in [0.5, 0.6) is 0 Å². The fourth-order valence-electron chi connectivity index (χ4n) is 0.989. The number of amides is 1. The summed E-state index contributed by atoms with van der Waals surface area (Å²) in [4.78, 5) is 13.0. The van der Waals surface area contributed by atoms with E-state index in [2.05, 4.69) is 15.9 Å². The van der Waals surface area contributed by atoms with E-state index in [-0.39, 0.29) is 18.6 Å². The number of nitrogens with zero attached hydrogens (tertiary/aromatic N) is 1. The summed E-state index contributed by atoms with van der Waals surface area (Å²) in [7, 11) is 0. The minimum atomic E-state index is 0.0819. The van der Waals surface area contributed by atoms with Gasteiger partial charge in [0.1, 0.15) is 0 Å². The number of aliphatic hydroxyl groups is 1. The number of carbonyl (C=O) groups is 1. The number of rotatable bonds is 5. The van der Waals surface area contributed by atoms with Gasteiger partial charge in [0, 0.05) is 19.2 Å². The molecule has 0 spiro atoms. The van der Waals surface area contributed by atoms with Gasteiger partial charge in [0.2, 0.25) is 5.91 Å². The second-order valence-electron chi connectivity index (χ2n) is 2.89. The molecule has 0 heterocycles. The SMILES string of the molecule is CC(C)N(CCCO)C(=O)CBr. The predicted molar refractivity (Wildman–Crippen MR) is 52.3 cm³/mol. The molecule has 1 amide bonds. The molecule has 0 unspecified atom stereocenters. The van der Waals surface area contributed by atoms with E-state index in [9.17, 15) is 4.79 Å². The lowest BCUT2D eigenvalue weighted by Crippen LogP contribution is -2.38. The van der Waals surface area contributed by atoms with Crippen LogP contribution in [-0.4, -0.2) is 40.4 Å². The van der Waals surface area contributed by atoms with E-state index >= 15 is 0 Å². The van der Waals surface area contributed by atoms with Crippen LogP contribution in [0.2, 0.25) is 0 Å². The Morgan fingerprint density at radius 2 is 2.17 bits per heavy atom. The molecule has 0 fully saturated rings. The zero-order valence-corrected chi connectivity index (χ0v) is 9.17. The number of aliphatic hydroxyl groups excluding tert-OH is 1. The summed E-state index contributed by atoms with van der Waals surface area (Å²) in [5.41, 5.74) is 0. The Morgan fingerprint density at radius 3 is 2.50 bits per heavy atom. The Labute approximate surface area is 81.9 Å². The first-order valence-corrected chi connectivity index (χ1v) is 5.22. The highest BCUT2D eigenvalue weighted by atomic mass is 79.9. The summed E-state index contributed by atoms with van der Waals surface area (Å²) >= 11 is 3.12. The van der Waals surface area contributed by atoms with E-state index in [1.165, 1.54) is 0 Å². The number of halogens is 1. The van der Waals surface area contributed by atoms with E-state index in [1.54, 1.807) is 4.90 Å². The molecule has 0 aliphatic heterocycles. The predicted octanol–water partition coefficient (Wildman–Crippen LogP) is 1.00. The molecule has 4 heteroatoms. The summed E-state index contributed by atoms with van der Waals surface area (Å²) in [5, 5.41) is 8.96. The molecule has 0 saturated carbocycles. The fraction of sp³-hybridized carbons (Fsp3) is 0.875. The van der Waals surface area contributed by atoms with Crippen LogP contribution in [0.4, 0.5) is 0 Å². The van der Waals surface area contributed by atoms with Gasteiger partial charge in [0.05, 0.1) is 5.33 Å². The molecular formula is C8H16BrNO2. The minimum Gasteiger partial charge on any atom is -0.396 e. The molecule has 0 atom stereocenters. The zero-order valence-electron chi connectivity index (χ0n) is 7.59. The first-order chi connectivity index (χ1) is 5.63. The van der Waals surface area contributed by atoms with Crippen LogP contribution in [0.15, 0.2) is 0 Å². The van der Waals surface area contributed by atoms with Gasteiger partial charge < -0.3 is 10.0 Å². The third-order valence-corrected chi connectivity index (χ3v) is 2.09. The Morgan fingerprint density at radius 1 is 1.58 bits per heavy atom. The molecule has 0 saturated heterocycles. The average molecular weight is 238 g/mol. The lowest BCUT2D eigenvalue weighted by molar-refractivity contribution is -0.130. The Kier molecular flexibility index (Phi) is 6.38. The van der Waals surface area contributed by atoms with E-state index < -0.39 is 0 Å². The third kappa shape index (κ3) is 4.07. The highest BCUT2D eigenvalue weighted by Crippen LogP contribution is 2.02. The van der Waals surface area contributed by atoms with Gasteiger partial charge in [-0.1, -0.05) is 15.9 Å². The normalized spacial score (nSPS) is 10.4. The smallest absolute Gasteiger partial charge is 0.233 e. The molecule has 0 aromatic rings. The number of alkyl halides is 1. The van der Waals surface area contributed by atoms with Gasteiger partial charge in [-0.2, -0.15) is 0 Å². The lowest BCUT2D eigenvalue weighted by Gasteiger charge is -2.25. The largest absolute Gasteiger partial charge is 0.396 e. The van der Waals surface area contributed by atoms with Gasteiger partial charge in [-0.25, -0.2) is 0 Å². The van der Waals surface area contributed by atoms with Crippen molar-refractivity contribution >= 4 is 21.8 Å². The molecule has 0 aromatic carbocycles. The minimum absolute atomic E-state index is 0.0819. The molecule has 0 bridgehead atoms. The molecular weight excluding hydrogens is 222 g/mol. The second-order valence-corrected chi connectivity index (χ2v) is 3.45. The van der Waals surface area contributed by atoms with Crippen molar-refractivity contribution in [2.75, 3.05) is 18.5 Å². The van der Waals surface area contributed by atoms with Gasteiger partial charge >= 0.3 is 0 Å². The number of hydrogen-bond donors (Lipinski definition) is 1. The summed E-state index contributed by atoms with van der Waals surface area (Å²) in [6.07, 6.45) is 0.650. The van der Waals surface area contributed by atoms with Crippen molar-refractivity contribution in [2.45, 2.75) is 26.3 Å². The highest BCUT2D eigenvalue weighted by molar-refractivity contribution is 9.09. The highest BCUT2D eigenvalue weighted by Gasteiger charge is 2.14. The van der Waals surface area contributed by atoms with Crippen LogP contribution < -0.4 is 0 Å². The molecule has 0 aliphatic rings. The van der Waals surface area contributed by atoms with Crippen LogP contribution in [0.3, 0.4) is 0 Å².